The number of aromatic nitrogens is 2. The second-order valence-corrected chi connectivity index (χ2v) is 4.91. The Bertz CT molecular complexity index is 533. The highest BCUT2D eigenvalue weighted by molar-refractivity contribution is 9.10. The maximum absolute atomic E-state index is 5.43. The minimum Gasteiger partial charge on any atom is -0.477 e. The number of nitrogens with one attached hydrogen (secondary N) is 1. The Labute approximate surface area is 121 Å². The molecule has 1 aromatic carbocycles. The van der Waals surface area contributed by atoms with Gasteiger partial charge in [0.05, 0.1) is 23.3 Å². The maximum Gasteiger partial charge on any atom is 0.232 e. The highest BCUT2D eigenvalue weighted by Crippen LogP contribution is 2.24. The SMILES string of the molecule is CCOc1nc(N[C@H](C)c2ccccc2)ncc1Br. The molecule has 0 fully saturated rings. The van der Waals surface area contributed by atoms with Crippen LogP contribution in [0, 0.1) is 0 Å². The molecule has 1 heterocycles. The van der Waals surface area contributed by atoms with Crippen LogP contribution in [0.15, 0.2) is 41.0 Å². The molecule has 1 N–H and O–H groups in total. The highest BCUT2D eigenvalue weighted by atomic mass is 79.9. The monoisotopic (exact) mass is 321 g/mol. The summed E-state index contributed by atoms with van der Waals surface area (Å²) < 4.78 is 6.18. The van der Waals surface area contributed by atoms with E-state index in [1.807, 2.05) is 25.1 Å². The summed E-state index contributed by atoms with van der Waals surface area (Å²) in [4.78, 5) is 8.57. The molecular weight excluding hydrogens is 306 g/mol. The van der Waals surface area contributed by atoms with E-state index in [4.69, 9.17) is 4.74 Å². The quantitative estimate of drug-likeness (QED) is 0.909. The van der Waals surface area contributed by atoms with Crippen LogP contribution in [0.4, 0.5) is 5.95 Å². The Balaban J connectivity index is 2.13. The molecule has 4 nitrogen and oxygen atoms in total. The van der Waals surface area contributed by atoms with Gasteiger partial charge < -0.3 is 10.1 Å². The van der Waals surface area contributed by atoms with Crippen LogP contribution in [0.25, 0.3) is 0 Å². The van der Waals surface area contributed by atoms with E-state index in [-0.39, 0.29) is 6.04 Å². The zero-order valence-electron chi connectivity index (χ0n) is 10.9. The van der Waals surface area contributed by atoms with Crippen molar-refractivity contribution in [2.75, 3.05) is 11.9 Å². The lowest BCUT2D eigenvalue weighted by molar-refractivity contribution is 0.324. The first kappa shape index (κ1) is 13.8. The summed E-state index contributed by atoms with van der Waals surface area (Å²) in [5.74, 6) is 1.11. The molecule has 1 atom stereocenters. The van der Waals surface area contributed by atoms with Gasteiger partial charge in [-0.2, -0.15) is 4.98 Å². The summed E-state index contributed by atoms with van der Waals surface area (Å²) in [5, 5.41) is 3.26. The van der Waals surface area contributed by atoms with Crippen molar-refractivity contribution in [3.05, 3.63) is 46.6 Å². The lowest BCUT2D eigenvalue weighted by atomic mass is 10.1. The zero-order chi connectivity index (χ0) is 13.7. The minimum atomic E-state index is 0.136. The van der Waals surface area contributed by atoms with Crippen LogP contribution < -0.4 is 10.1 Å². The molecule has 2 rings (SSSR count). The summed E-state index contributed by atoms with van der Waals surface area (Å²) in [5.41, 5.74) is 1.19. The smallest absolute Gasteiger partial charge is 0.232 e. The highest BCUT2D eigenvalue weighted by Gasteiger charge is 2.09. The second kappa shape index (κ2) is 6.52. The van der Waals surface area contributed by atoms with E-state index in [1.54, 1.807) is 6.20 Å². The van der Waals surface area contributed by atoms with Gasteiger partial charge in [0, 0.05) is 0 Å². The molecule has 0 aliphatic rings. The van der Waals surface area contributed by atoms with Crippen molar-refractivity contribution in [1.82, 2.24) is 9.97 Å². The minimum absolute atomic E-state index is 0.136. The molecule has 0 saturated carbocycles. The second-order valence-electron chi connectivity index (χ2n) is 4.06. The van der Waals surface area contributed by atoms with E-state index in [0.717, 1.165) is 4.47 Å². The molecule has 0 radical (unpaired) electrons. The van der Waals surface area contributed by atoms with Crippen LogP contribution in [0.1, 0.15) is 25.5 Å². The zero-order valence-corrected chi connectivity index (χ0v) is 12.5. The molecule has 0 aliphatic heterocycles. The van der Waals surface area contributed by atoms with Crippen molar-refractivity contribution in [2.24, 2.45) is 0 Å². The average molecular weight is 322 g/mol. The number of halogens is 1. The fourth-order valence-electron chi connectivity index (χ4n) is 1.68. The predicted molar refractivity (Wildman–Crippen MR) is 79.4 cm³/mol. The first-order valence-corrected chi connectivity index (χ1v) is 6.96. The van der Waals surface area contributed by atoms with Gasteiger partial charge in [-0.25, -0.2) is 4.98 Å². The Kier molecular flexibility index (Phi) is 4.74. The van der Waals surface area contributed by atoms with Gasteiger partial charge in [-0.3, -0.25) is 0 Å². The molecule has 0 saturated heterocycles. The van der Waals surface area contributed by atoms with Crippen molar-refractivity contribution in [3.8, 4) is 5.88 Å². The molecule has 1 aromatic heterocycles. The van der Waals surface area contributed by atoms with E-state index in [9.17, 15) is 0 Å². The van der Waals surface area contributed by atoms with Gasteiger partial charge in [0.2, 0.25) is 11.8 Å². The first-order valence-electron chi connectivity index (χ1n) is 6.17. The number of ether oxygens (including phenoxy) is 1. The van der Waals surface area contributed by atoms with Gasteiger partial charge in [-0.15, -0.1) is 0 Å². The van der Waals surface area contributed by atoms with Crippen LogP contribution in [-0.4, -0.2) is 16.6 Å². The lowest BCUT2D eigenvalue weighted by Gasteiger charge is -2.15. The van der Waals surface area contributed by atoms with Gasteiger partial charge >= 0.3 is 0 Å². The van der Waals surface area contributed by atoms with Gasteiger partial charge in [0.25, 0.3) is 0 Å². The number of benzene rings is 1. The van der Waals surface area contributed by atoms with Crippen molar-refractivity contribution in [1.29, 1.82) is 0 Å². The van der Waals surface area contributed by atoms with Gasteiger partial charge in [0.1, 0.15) is 0 Å². The largest absolute Gasteiger partial charge is 0.477 e. The van der Waals surface area contributed by atoms with Crippen molar-refractivity contribution in [3.63, 3.8) is 0 Å². The van der Waals surface area contributed by atoms with Crippen LogP contribution in [0.3, 0.4) is 0 Å². The Morgan fingerprint density at radius 2 is 2.05 bits per heavy atom. The normalized spacial score (nSPS) is 11.9. The van der Waals surface area contributed by atoms with E-state index < -0.39 is 0 Å². The van der Waals surface area contributed by atoms with E-state index in [0.29, 0.717) is 18.4 Å². The van der Waals surface area contributed by atoms with Crippen LogP contribution in [0.5, 0.6) is 5.88 Å². The van der Waals surface area contributed by atoms with Crippen molar-refractivity contribution >= 4 is 21.9 Å². The summed E-state index contributed by atoms with van der Waals surface area (Å²) in [6, 6.07) is 10.3. The third-order valence-electron chi connectivity index (χ3n) is 2.64. The van der Waals surface area contributed by atoms with Gasteiger partial charge in [0.15, 0.2) is 0 Å². The first-order chi connectivity index (χ1) is 9.20. The number of hydrogen-bond donors (Lipinski definition) is 1. The standard InChI is InChI=1S/C14H16BrN3O/c1-3-19-13-12(15)9-16-14(18-13)17-10(2)11-7-5-4-6-8-11/h4-10H,3H2,1-2H3,(H,16,17,18)/t10-/m1/s1. The molecule has 0 amide bonds. The Hall–Kier alpha value is -1.62. The molecule has 5 heteroatoms. The number of hydrogen-bond acceptors (Lipinski definition) is 4. The summed E-state index contributed by atoms with van der Waals surface area (Å²) in [6.07, 6.45) is 1.69. The van der Waals surface area contributed by atoms with Crippen molar-refractivity contribution in [2.45, 2.75) is 19.9 Å². The molecule has 0 spiro atoms. The topological polar surface area (TPSA) is 47.0 Å². The summed E-state index contributed by atoms with van der Waals surface area (Å²) >= 11 is 3.36. The fraction of sp³-hybridized carbons (Fsp3) is 0.286. The van der Waals surface area contributed by atoms with Gasteiger partial charge in [-0.05, 0) is 35.3 Å². The van der Waals surface area contributed by atoms with Crippen LogP contribution >= 0.6 is 15.9 Å². The predicted octanol–water partition coefficient (Wildman–Crippen LogP) is 3.81. The lowest BCUT2D eigenvalue weighted by Crippen LogP contribution is -2.10. The molecule has 0 bridgehead atoms. The fourth-order valence-corrected chi connectivity index (χ4v) is 1.98. The van der Waals surface area contributed by atoms with Crippen molar-refractivity contribution < 1.29 is 4.74 Å². The third kappa shape index (κ3) is 3.67. The van der Waals surface area contributed by atoms with Crippen LogP contribution in [0.2, 0.25) is 0 Å². The molecular formula is C14H16BrN3O. The third-order valence-corrected chi connectivity index (χ3v) is 3.18. The molecule has 100 valence electrons. The number of anilines is 1. The van der Waals surface area contributed by atoms with E-state index in [2.05, 4.69) is 50.3 Å². The molecule has 2 aromatic rings. The molecule has 19 heavy (non-hydrogen) atoms. The van der Waals surface area contributed by atoms with E-state index >= 15 is 0 Å². The molecule has 0 unspecified atom stereocenters. The van der Waals surface area contributed by atoms with Crippen LogP contribution in [-0.2, 0) is 0 Å². The summed E-state index contributed by atoms with van der Waals surface area (Å²) in [7, 11) is 0. The number of nitrogens with zero attached hydrogens (tertiary/aromatic N) is 2. The van der Waals surface area contributed by atoms with E-state index in [1.165, 1.54) is 5.56 Å². The Morgan fingerprint density at radius 1 is 1.32 bits per heavy atom. The molecule has 0 aliphatic carbocycles. The van der Waals surface area contributed by atoms with Gasteiger partial charge in [-0.1, -0.05) is 30.3 Å². The average Bonchev–Trinajstić information content (AvgIpc) is 2.44. The Morgan fingerprint density at radius 3 is 2.74 bits per heavy atom. The number of rotatable bonds is 5. The maximum atomic E-state index is 5.43. The summed E-state index contributed by atoms with van der Waals surface area (Å²) in [6.45, 7) is 4.57.